The fourth-order valence-electron chi connectivity index (χ4n) is 1.93. The molecule has 1 aromatic heterocycles. The summed E-state index contributed by atoms with van der Waals surface area (Å²) in [6.07, 6.45) is 4.06. The van der Waals surface area contributed by atoms with E-state index in [0.29, 0.717) is 12.0 Å². The third-order valence-corrected chi connectivity index (χ3v) is 2.92. The van der Waals surface area contributed by atoms with Crippen molar-refractivity contribution < 1.29 is 4.39 Å². The molecule has 0 fully saturated rings. The highest BCUT2D eigenvalue weighted by Crippen LogP contribution is 2.21. The molecule has 4 heteroatoms. The van der Waals surface area contributed by atoms with Crippen LogP contribution in [0.25, 0.3) is 0 Å². The predicted molar refractivity (Wildman–Crippen MR) is 69.1 cm³/mol. The molecule has 2 aromatic rings. The number of hydrogen-bond donors (Lipinski definition) is 2. The second kappa shape index (κ2) is 5.71. The Bertz CT molecular complexity index is 514. The van der Waals surface area contributed by atoms with E-state index in [9.17, 15) is 4.39 Å². The minimum absolute atomic E-state index is 0.230. The van der Waals surface area contributed by atoms with Crippen LogP contribution in [0.15, 0.2) is 42.7 Å². The molecule has 94 valence electrons. The maximum atomic E-state index is 13.9. The van der Waals surface area contributed by atoms with Gasteiger partial charge in [0.15, 0.2) is 0 Å². The Balaban J connectivity index is 2.23. The van der Waals surface area contributed by atoms with E-state index in [-0.39, 0.29) is 11.9 Å². The fraction of sp³-hybridized carbons (Fsp3) is 0.214. The van der Waals surface area contributed by atoms with Gasteiger partial charge in [0.05, 0.1) is 6.04 Å². The van der Waals surface area contributed by atoms with Gasteiger partial charge in [-0.05, 0) is 42.7 Å². The summed E-state index contributed by atoms with van der Waals surface area (Å²) >= 11 is 0. The lowest BCUT2D eigenvalue weighted by molar-refractivity contribution is 0.510. The Morgan fingerprint density at radius 3 is 2.61 bits per heavy atom. The van der Waals surface area contributed by atoms with Crippen LogP contribution >= 0.6 is 0 Å². The molecule has 3 nitrogen and oxygen atoms in total. The largest absolute Gasteiger partial charge is 0.271 e. The third kappa shape index (κ3) is 2.91. The van der Waals surface area contributed by atoms with Crippen molar-refractivity contribution in [2.75, 3.05) is 0 Å². The van der Waals surface area contributed by atoms with Crippen molar-refractivity contribution in [2.45, 2.75) is 19.4 Å². The van der Waals surface area contributed by atoms with Crippen molar-refractivity contribution in [1.82, 2.24) is 10.4 Å². The van der Waals surface area contributed by atoms with Crippen LogP contribution in [0.5, 0.6) is 0 Å². The predicted octanol–water partition coefficient (Wildman–Crippen LogP) is 2.28. The van der Waals surface area contributed by atoms with Crippen molar-refractivity contribution in [2.24, 2.45) is 5.84 Å². The highest BCUT2D eigenvalue weighted by molar-refractivity contribution is 5.27. The molecule has 0 bridgehead atoms. The molecular weight excluding hydrogens is 229 g/mol. The van der Waals surface area contributed by atoms with Crippen molar-refractivity contribution in [3.8, 4) is 0 Å². The molecule has 0 saturated carbocycles. The van der Waals surface area contributed by atoms with E-state index in [4.69, 9.17) is 5.84 Å². The number of pyridine rings is 1. The van der Waals surface area contributed by atoms with E-state index >= 15 is 0 Å². The van der Waals surface area contributed by atoms with E-state index in [0.717, 1.165) is 11.1 Å². The van der Waals surface area contributed by atoms with Crippen LogP contribution in [0, 0.1) is 12.7 Å². The number of halogens is 1. The van der Waals surface area contributed by atoms with Gasteiger partial charge in [0, 0.05) is 18.0 Å². The molecule has 0 aliphatic carbocycles. The summed E-state index contributed by atoms with van der Waals surface area (Å²) in [5.41, 5.74) is 5.21. The van der Waals surface area contributed by atoms with Gasteiger partial charge in [-0.15, -0.1) is 0 Å². The number of nitrogens with two attached hydrogens (primary N) is 1. The molecule has 0 amide bonds. The van der Waals surface area contributed by atoms with Gasteiger partial charge in [0.2, 0.25) is 0 Å². The van der Waals surface area contributed by atoms with Gasteiger partial charge in [-0.3, -0.25) is 16.3 Å². The second-order valence-electron chi connectivity index (χ2n) is 4.30. The SMILES string of the molecule is Cc1ccc(C(Cc2ccncc2)NN)c(F)c1. The average molecular weight is 245 g/mol. The number of rotatable bonds is 4. The lowest BCUT2D eigenvalue weighted by Crippen LogP contribution is -2.30. The second-order valence-corrected chi connectivity index (χ2v) is 4.30. The number of aryl methyl sites for hydroxylation is 1. The first kappa shape index (κ1) is 12.7. The summed E-state index contributed by atoms with van der Waals surface area (Å²) in [4.78, 5) is 3.95. The molecule has 18 heavy (non-hydrogen) atoms. The van der Waals surface area contributed by atoms with Crippen LogP contribution in [0.4, 0.5) is 4.39 Å². The van der Waals surface area contributed by atoms with Gasteiger partial charge in [-0.1, -0.05) is 12.1 Å². The Kier molecular flexibility index (Phi) is 4.02. The third-order valence-electron chi connectivity index (χ3n) is 2.92. The summed E-state index contributed by atoms with van der Waals surface area (Å²) in [5.74, 6) is 5.30. The Labute approximate surface area is 106 Å². The molecule has 0 spiro atoms. The lowest BCUT2D eigenvalue weighted by Gasteiger charge is -2.17. The quantitative estimate of drug-likeness (QED) is 0.642. The van der Waals surface area contributed by atoms with Gasteiger partial charge >= 0.3 is 0 Å². The molecule has 0 aliphatic heterocycles. The van der Waals surface area contributed by atoms with Crippen molar-refractivity contribution in [3.63, 3.8) is 0 Å². The molecule has 0 saturated heterocycles. The lowest BCUT2D eigenvalue weighted by atomic mass is 9.98. The van der Waals surface area contributed by atoms with E-state index in [1.165, 1.54) is 6.07 Å². The first-order valence-corrected chi connectivity index (χ1v) is 5.82. The number of aromatic nitrogens is 1. The van der Waals surface area contributed by atoms with Gasteiger partial charge in [0.1, 0.15) is 5.82 Å². The molecule has 0 aliphatic rings. The van der Waals surface area contributed by atoms with Crippen LogP contribution in [-0.4, -0.2) is 4.98 Å². The summed E-state index contributed by atoms with van der Waals surface area (Å²) in [5, 5.41) is 0. The molecule has 1 atom stereocenters. The Hall–Kier alpha value is -1.78. The standard InChI is InChI=1S/C14H16FN3/c1-10-2-3-12(13(15)8-10)14(18-16)9-11-4-6-17-7-5-11/h2-8,14,18H,9,16H2,1H3. The summed E-state index contributed by atoms with van der Waals surface area (Å²) in [6.45, 7) is 1.86. The average Bonchev–Trinajstić information content (AvgIpc) is 2.38. The maximum absolute atomic E-state index is 13.9. The maximum Gasteiger partial charge on any atom is 0.128 e. The van der Waals surface area contributed by atoms with Gasteiger partial charge in [-0.2, -0.15) is 0 Å². The van der Waals surface area contributed by atoms with Crippen LogP contribution in [0.1, 0.15) is 22.7 Å². The zero-order chi connectivity index (χ0) is 13.0. The van der Waals surface area contributed by atoms with E-state index in [1.54, 1.807) is 18.5 Å². The summed E-state index contributed by atoms with van der Waals surface area (Å²) in [6, 6.07) is 8.73. The number of nitrogens with zero attached hydrogens (tertiary/aromatic N) is 1. The molecule has 3 N–H and O–H groups in total. The van der Waals surface area contributed by atoms with Gasteiger partial charge < -0.3 is 0 Å². The Morgan fingerprint density at radius 2 is 2.00 bits per heavy atom. The van der Waals surface area contributed by atoms with E-state index < -0.39 is 0 Å². The number of nitrogens with one attached hydrogen (secondary N) is 1. The summed E-state index contributed by atoms with van der Waals surface area (Å²) < 4.78 is 13.9. The van der Waals surface area contributed by atoms with Gasteiger partial charge in [-0.25, -0.2) is 4.39 Å². The minimum Gasteiger partial charge on any atom is -0.271 e. The molecule has 0 radical (unpaired) electrons. The minimum atomic E-state index is -0.243. The molecule has 1 unspecified atom stereocenters. The highest BCUT2D eigenvalue weighted by Gasteiger charge is 2.14. The van der Waals surface area contributed by atoms with Gasteiger partial charge in [0.25, 0.3) is 0 Å². The molecule has 1 aromatic carbocycles. The van der Waals surface area contributed by atoms with E-state index in [2.05, 4.69) is 10.4 Å². The Morgan fingerprint density at radius 1 is 1.28 bits per heavy atom. The van der Waals surface area contributed by atoms with Crippen molar-refractivity contribution >= 4 is 0 Å². The summed E-state index contributed by atoms with van der Waals surface area (Å²) in [7, 11) is 0. The zero-order valence-electron chi connectivity index (χ0n) is 10.2. The van der Waals surface area contributed by atoms with Crippen molar-refractivity contribution in [3.05, 3.63) is 65.2 Å². The van der Waals surface area contributed by atoms with Crippen LogP contribution in [0.3, 0.4) is 0 Å². The zero-order valence-corrected chi connectivity index (χ0v) is 10.2. The number of hydrazine groups is 1. The number of hydrogen-bond acceptors (Lipinski definition) is 3. The van der Waals surface area contributed by atoms with Crippen LogP contribution in [0.2, 0.25) is 0 Å². The van der Waals surface area contributed by atoms with Crippen LogP contribution in [-0.2, 0) is 6.42 Å². The topological polar surface area (TPSA) is 50.9 Å². The molecular formula is C14H16FN3. The normalized spacial score (nSPS) is 12.4. The molecule has 1 heterocycles. The first-order chi connectivity index (χ1) is 8.70. The highest BCUT2D eigenvalue weighted by atomic mass is 19.1. The number of benzene rings is 1. The van der Waals surface area contributed by atoms with Crippen molar-refractivity contribution in [1.29, 1.82) is 0 Å². The van der Waals surface area contributed by atoms with E-state index in [1.807, 2.05) is 25.1 Å². The fourth-order valence-corrected chi connectivity index (χ4v) is 1.93. The first-order valence-electron chi connectivity index (χ1n) is 5.82. The monoisotopic (exact) mass is 245 g/mol. The van der Waals surface area contributed by atoms with Crippen LogP contribution < -0.4 is 11.3 Å². The smallest absolute Gasteiger partial charge is 0.128 e. The molecule has 2 rings (SSSR count).